The van der Waals surface area contributed by atoms with Crippen molar-refractivity contribution in [2.45, 2.75) is 13.8 Å². The highest BCUT2D eigenvalue weighted by Gasteiger charge is 2.23. The van der Waals surface area contributed by atoms with Gasteiger partial charge in [-0.2, -0.15) is 0 Å². The number of nitrogens with one attached hydrogen (secondary N) is 1. The lowest BCUT2D eigenvalue weighted by Gasteiger charge is -2.14. The Labute approximate surface area is 144 Å². The summed E-state index contributed by atoms with van der Waals surface area (Å²) in [5.41, 5.74) is 3.35. The van der Waals surface area contributed by atoms with Crippen LogP contribution < -0.4 is 5.56 Å². The molecule has 24 heavy (non-hydrogen) atoms. The van der Waals surface area contributed by atoms with Crippen LogP contribution in [0.5, 0.6) is 0 Å². The number of methoxy groups -OCH3 is 1. The molecular weight excluding hydrogens is 326 g/mol. The summed E-state index contributed by atoms with van der Waals surface area (Å²) in [4.78, 5) is 27.6. The maximum absolute atomic E-state index is 12.5. The van der Waals surface area contributed by atoms with Crippen molar-refractivity contribution in [3.8, 4) is 11.1 Å². The molecule has 1 N–H and O–H groups in total. The minimum atomic E-state index is -0.689. The minimum absolute atomic E-state index is 0.0404. The first-order chi connectivity index (χ1) is 11.4. The van der Waals surface area contributed by atoms with Crippen LogP contribution in [-0.4, -0.2) is 18.1 Å². The maximum Gasteiger partial charge on any atom is 0.344 e. The van der Waals surface area contributed by atoms with Gasteiger partial charge in [0.15, 0.2) is 0 Å². The normalized spacial score (nSPS) is 10.8. The molecule has 0 aliphatic heterocycles. The molecular formula is C19H16ClNO3. The largest absolute Gasteiger partial charge is 0.465 e. The summed E-state index contributed by atoms with van der Waals surface area (Å²) in [6.45, 7) is 3.95. The standard InChI is InChI=1S/C19H16ClNO3/c1-10-8-13-15(9-11(10)2)21-18(22)17(19(23)24-3)16(13)12-6-4-5-7-14(12)20/h4-9H,1-3H3,(H,21,22). The number of hydrogen-bond acceptors (Lipinski definition) is 3. The van der Waals surface area contributed by atoms with Gasteiger partial charge in [-0.3, -0.25) is 4.79 Å². The molecule has 0 spiro atoms. The zero-order valence-corrected chi connectivity index (χ0v) is 14.3. The number of hydrogen-bond donors (Lipinski definition) is 1. The van der Waals surface area contributed by atoms with Crippen LogP contribution in [0.2, 0.25) is 5.02 Å². The van der Waals surface area contributed by atoms with Gasteiger partial charge in [0.05, 0.1) is 7.11 Å². The predicted molar refractivity (Wildman–Crippen MR) is 95.8 cm³/mol. The number of aromatic amines is 1. The average molecular weight is 342 g/mol. The summed E-state index contributed by atoms with van der Waals surface area (Å²) in [5, 5.41) is 1.22. The van der Waals surface area contributed by atoms with Crippen LogP contribution in [0, 0.1) is 13.8 Å². The molecule has 0 amide bonds. The highest BCUT2D eigenvalue weighted by Crippen LogP contribution is 2.35. The Balaban J connectivity index is 2.55. The molecule has 0 aliphatic carbocycles. The predicted octanol–water partition coefficient (Wildman–Crippen LogP) is 4.25. The van der Waals surface area contributed by atoms with Gasteiger partial charge in [0, 0.05) is 27.1 Å². The van der Waals surface area contributed by atoms with E-state index in [0.717, 1.165) is 16.5 Å². The molecule has 0 unspecified atom stereocenters. The van der Waals surface area contributed by atoms with E-state index >= 15 is 0 Å². The van der Waals surface area contributed by atoms with E-state index in [0.29, 0.717) is 21.7 Å². The number of H-pyrrole nitrogens is 1. The van der Waals surface area contributed by atoms with Crippen molar-refractivity contribution in [2.75, 3.05) is 7.11 Å². The summed E-state index contributed by atoms with van der Waals surface area (Å²) in [6.07, 6.45) is 0. The Morgan fingerprint density at radius 1 is 1.12 bits per heavy atom. The van der Waals surface area contributed by atoms with Crippen molar-refractivity contribution in [1.82, 2.24) is 4.98 Å². The van der Waals surface area contributed by atoms with Crippen molar-refractivity contribution in [3.63, 3.8) is 0 Å². The number of benzene rings is 2. The number of halogens is 1. The lowest BCUT2D eigenvalue weighted by atomic mass is 9.94. The van der Waals surface area contributed by atoms with Crippen LogP contribution in [0.4, 0.5) is 0 Å². The number of ether oxygens (including phenoxy) is 1. The molecule has 122 valence electrons. The van der Waals surface area contributed by atoms with E-state index in [4.69, 9.17) is 16.3 Å². The number of carbonyl (C=O) groups excluding carboxylic acids is 1. The monoisotopic (exact) mass is 341 g/mol. The molecule has 2 aromatic carbocycles. The summed E-state index contributed by atoms with van der Waals surface area (Å²) < 4.78 is 4.82. The molecule has 1 heterocycles. The molecule has 0 atom stereocenters. The van der Waals surface area contributed by atoms with Crippen molar-refractivity contribution >= 4 is 28.5 Å². The van der Waals surface area contributed by atoms with Crippen LogP contribution in [-0.2, 0) is 4.74 Å². The smallest absolute Gasteiger partial charge is 0.344 e. The number of pyridine rings is 1. The number of carbonyl (C=O) groups is 1. The summed E-state index contributed by atoms with van der Waals surface area (Å²) in [5.74, 6) is -0.689. The molecule has 0 aliphatic rings. The quantitative estimate of drug-likeness (QED) is 0.709. The molecule has 3 aromatic rings. The molecule has 3 rings (SSSR count). The SMILES string of the molecule is COC(=O)c1c(-c2ccccc2Cl)c2cc(C)c(C)cc2[nH]c1=O. The zero-order valence-electron chi connectivity index (χ0n) is 13.6. The lowest BCUT2D eigenvalue weighted by molar-refractivity contribution is 0.0600. The number of esters is 1. The van der Waals surface area contributed by atoms with Gasteiger partial charge in [0.25, 0.3) is 5.56 Å². The van der Waals surface area contributed by atoms with Crippen molar-refractivity contribution in [1.29, 1.82) is 0 Å². The first-order valence-electron chi connectivity index (χ1n) is 7.44. The second kappa shape index (κ2) is 6.13. The highest BCUT2D eigenvalue weighted by atomic mass is 35.5. The van der Waals surface area contributed by atoms with Crippen molar-refractivity contribution < 1.29 is 9.53 Å². The summed E-state index contributed by atoms with van der Waals surface area (Å²) in [6, 6.07) is 11.0. The third-order valence-electron chi connectivity index (χ3n) is 4.16. The van der Waals surface area contributed by atoms with Gasteiger partial charge in [-0.25, -0.2) is 4.79 Å². The fourth-order valence-corrected chi connectivity index (χ4v) is 3.03. The molecule has 0 saturated heterocycles. The van der Waals surface area contributed by atoms with E-state index in [1.165, 1.54) is 7.11 Å². The third kappa shape index (κ3) is 2.59. The van der Waals surface area contributed by atoms with Gasteiger partial charge in [-0.1, -0.05) is 29.8 Å². The summed E-state index contributed by atoms with van der Waals surface area (Å²) >= 11 is 6.34. The fourth-order valence-electron chi connectivity index (χ4n) is 2.80. The van der Waals surface area contributed by atoms with Gasteiger partial charge in [-0.05, 0) is 43.2 Å². The van der Waals surface area contributed by atoms with E-state index in [1.54, 1.807) is 18.2 Å². The van der Waals surface area contributed by atoms with E-state index in [1.807, 2.05) is 32.0 Å². The van der Waals surface area contributed by atoms with Crippen LogP contribution in [0.15, 0.2) is 41.2 Å². The van der Waals surface area contributed by atoms with E-state index < -0.39 is 11.5 Å². The van der Waals surface area contributed by atoms with E-state index in [-0.39, 0.29) is 5.56 Å². The maximum atomic E-state index is 12.5. The molecule has 1 aromatic heterocycles. The fraction of sp³-hybridized carbons (Fsp3) is 0.158. The van der Waals surface area contributed by atoms with Crippen LogP contribution in [0.25, 0.3) is 22.0 Å². The number of rotatable bonds is 2. The van der Waals surface area contributed by atoms with E-state index in [9.17, 15) is 9.59 Å². The van der Waals surface area contributed by atoms with Gasteiger partial charge >= 0.3 is 5.97 Å². The van der Waals surface area contributed by atoms with E-state index in [2.05, 4.69) is 4.98 Å². The van der Waals surface area contributed by atoms with Gasteiger partial charge < -0.3 is 9.72 Å². The Hall–Kier alpha value is -2.59. The Morgan fingerprint density at radius 2 is 1.79 bits per heavy atom. The highest BCUT2D eigenvalue weighted by molar-refractivity contribution is 6.34. The molecule has 0 bridgehead atoms. The Morgan fingerprint density at radius 3 is 2.46 bits per heavy atom. The van der Waals surface area contributed by atoms with Gasteiger partial charge in [0.1, 0.15) is 5.56 Å². The van der Waals surface area contributed by atoms with Crippen LogP contribution in [0.3, 0.4) is 0 Å². The van der Waals surface area contributed by atoms with Gasteiger partial charge in [-0.15, -0.1) is 0 Å². The molecule has 5 heteroatoms. The molecule has 4 nitrogen and oxygen atoms in total. The minimum Gasteiger partial charge on any atom is -0.465 e. The van der Waals surface area contributed by atoms with Crippen LogP contribution >= 0.6 is 11.6 Å². The summed E-state index contributed by atoms with van der Waals surface area (Å²) in [7, 11) is 1.25. The third-order valence-corrected chi connectivity index (χ3v) is 4.49. The first-order valence-corrected chi connectivity index (χ1v) is 7.82. The first kappa shape index (κ1) is 16.3. The Bertz CT molecular complexity index is 1020. The number of aryl methyl sites for hydroxylation is 2. The molecule has 0 saturated carbocycles. The number of aromatic nitrogens is 1. The second-order valence-electron chi connectivity index (χ2n) is 5.66. The average Bonchev–Trinajstić information content (AvgIpc) is 2.55. The molecule has 0 fully saturated rings. The molecule has 0 radical (unpaired) electrons. The van der Waals surface area contributed by atoms with Gasteiger partial charge in [0.2, 0.25) is 0 Å². The van der Waals surface area contributed by atoms with Crippen molar-refractivity contribution in [2.24, 2.45) is 0 Å². The zero-order chi connectivity index (χ0) is 17.4. The van der Waals surface area contributed by atoms with Crippen molar-refractivity contribution in [3.05, 3.63) is 68.5 Å². The Kier molecular flexibility index (Phi) is 4.16. The van der Waals surface area contributed by atoms with Crippen LogP contribution in [0.1, 0.15) is 21.5 Å². The number of fused-ring (bicyclic) bond motifs is 1. The second-order valence-corrected chi connectivity index (χ2v) is 6.06. The lowest BCUT2D eigenvalue weighted by Crippen LogP contribution is -2.21. The topological polar surface area (TPSA) is 59.2 Å².